The number of anilines is 1. The molecule has 0 spiro atoms. The van der Waals surface area contributed by atoms with E-state index in [-0.39, 0.29) is 6.09 Å². The average molecular weight is 448 g/mol. The van der Waals surface area contributed by atoms with E-state index in [0.717, 1.165) is 44.8 Å². The molecule has 8 heteroatoms. The zero-order valence-electron chi connectivity index (χ0n) is 20.2. The van der Waals surface area contributed by atoms with Gasteiger partial charge in [-0.15, -0.1) is 0 Å². The second-order valence-corrected chi connectivity index (χ2v) is 10.8. The molecule has 32 heavy (non-hydrogen) atoms. The molecule has 2 aliphatic rings. The Bertz CT molecular complexity index is 783. The number of rotatable bonds is 4. The number of nitrogens with zero attached hydrogens (tertiary/aromatic N) is 3. The van der Waals surface area contributed by atoms with Gasteiger partial charge in [0.25, 0.3) is 0 Å². The highest BCUT2D eigenvalue weighted by atomic mass is 16.7. The van der Waals surface area contributed by atoms with Crippen LogP contribution in [-0.4, -0.2) is 59.5 Å². The van der Waals surface area contributed by atoms with E-state index in [9.17, 15) is 9.59 Å². The van der Waals surface area contributed by atoms with Crippen molar-refractivity contribution in [1.29, 1.82) is 0 Å². The minimum absolute atomic E-state index is 0.198. The van der Waals surface area contributed by atoms with Gasteiger partial charge in [0.05, 0.1) is 6.20 Å². The van der Waals surface area contributed by atoms with E-state index >= 15 is 0 Å². The van der Waals surface area contributed by atoms with Crippen LogP contribution in [0.15, 0.2) is 18.3 Å². The highest BCUT2D eigenvalue weighted by Crippen LogP contribution is 2.32. The van der Waals surface area contributed by atoms with Gasteiger partial charge in [0.2, 0.25) is 0 Å². The maximum absolute atomic E-state index is 12.2. The number of aromatic nitrogens is 1. The van der Waals surface area contributed by atoms with Crippen LogP contribution in [0.5, 0.6) is 5.75 Å². The fraction of sp³-hybridized carbons (Fsp3) is 0.708. The van der Waals surface area contributed by atoms with Crippen molar-refractivity contribution in [2.75, 3.05) is 31.1 Å². The van der Waals surface area contributed by atoms with Crippen LogP contribution in [0.4, 0.5) is 15.4 Å². The summed E-state index contributed by atoms with van der Waals surface area (Å²) in [6.07, 6.45) is 3.87. The highest BCUT2D eigenvalue weighted by molar-refractivity contribution is 5.68. The van der Waals surface area contributed by atoms with Crippen LogP contribution in [0.25, 0.3) is 0 Å². The largest absolute Gasteiger partial charge is 0.514 e. The first-order chi connectivity index (χ1) is 14.9. The van der Waals surface area contributed by atoms with Gasteiger partial charge in [0, 0.05) is 26.2 Å². The average Bonchev–Trinajstić information content (AvgIpc) is 2.63. The van der Waals surface area contributed by atoms with Gasteiger partial charge in [-0.1, -0.05) is 0 Å². The minimum atomic E-state index is -0.728. The number of hydrogen-bond acceptors (Lipinski definition) is 7. The summed E-state index contributed by atoms with van der Waals surface area (Å²) in [5, 5.41) is 0. The standard InChI is InChI=1S/C24H37N3O5/c1-23(2,3)31-21(28)26-11-9-17(10-12-26)13-18-15-27(16-18)20-8-7-19(14-25-20)30-22(29)32-24(4,5)6/h7-8,14,17-18H,9-13,15-16H2,1-6H3. The van der Waals surface area contributed by atoms with Crippen molar-refractivity contribution >= 4 is 18.1 Å². The van der Waals surface area contributed by atoms with E-state index in [1.807, 2.05) is 31.7 Å². The molecular weight excluding hydrogens is 410 g/mol. The van der Waals surface area contributed by atoms with Gasteiger partial charge in [-0.2, -0.15) is 0 Å². The first kappa shape index (κ1) is 24.1. The van der Waals surface area contributed by atoms with Gasteiger partial charge in [-0.25, -0.2) is 14.6 Å². The molecule has 1 aromatic rings. The maximum Gasteiger partial charge on any atom is 0.514 e. The van der Waals surface area contributed by atoms with Gasteiger partial charge < -0.3 is 24.0 Å². The summed E-state index contributed by atoms with van der Waals surface area (Å²) in [6.45, 7) is 14.6. The molecule has 3 rings (SSSR count). The first-order valence-electron chi connectivity index (χ1n) is 11.5. The molecule has 0 saturated carbocycles. The van der Waals surface area contributed by atoms with Crippen molar-refractivity contribution in [2.24, 2.45) is 11.8 Å². The van der Waals surface area contributed by atoms with Crippen LogP contribution in [0, 0.1) is 11.8 Å². The lowest BCUT2D eigenvalue weighted by Gasteiger charge is -2.43. The fourth-order valence-electron chi connectivity index (χ4n) is 4.04. The molecule has 2 saturated heterocycles. The Morgan fingerprint density at radius 1 is 0.969 bits per heavy atom. The van der Waals surface area contributed by atoms with E-state index in [1.54, 1.807) is 33.0 Å². The van der Waals surface area contributed by atoms with E-state index in [4.69, 9.17) is 14.2 Å². The molecule has 8 nitrogen and oxygen atoms in total. The molecule has 0 aliphatic carbocycles. The third-order valence-electron chi connectivity index (χ3n) is 5.53. The van der Waals surface area contributed by atoms with E-state index < -0.39 is 17.4 Å². The predicted octanol–water partition coefficient (Wildman–Crippen LogP) is 4.87. The highest BCUT2D eigenvalue weighted by Gasteiger charge is 2.33. The van der Waals surface area contributed by atoms with Crippen molar-refractivity contribution in [3.63, 3.8) is 0 Å². The van der Waals surface area contributed by atoms with Gasteiger partial charge in [-0.3, -0.25) is 0 Å². The third kappa shape index (κ3) is 7.28. The summed E-state index contributed by atoms with van der Waals surface area (Å²) in [5.74, 6) is 2.56. The van der Waals surface area contributed by atoms with E-state index in [2.05, 4.69) is 9.88 Å². The van der Waals surface area contributed by atoms with Gasteiger partial charge in [0.15, 0.2) is 5.75 Å². The lowest BCUT2D eigenvalue weighted by atomic mass is 9.83. The Balaban J connectivity index is 1.37. The second-order valence-electron chi connectivity index (χ2n) is 10.8. The molecular formula is C24H37N3O5. The molecule has 0 aromatic carbocycles. The van der Waals surface area contributed by atoms with Crippen molar-refractivity contribution in [3.8, 4) is 5.75 Å². The molecule has 2 aliphatic heterocycles. The zero-order valence-corrected chi connectivity index (χ0v) is 20.2. The van der Waals surface area contributed by atoms with Crippen LogP contribution >= 0.6 is 0 Å². The van der Waals surface area contributed by atoms with Crippen molar-refractivity contribution in [3.05, 3.63) is 18.3 Å². The number of ether oxygens (including phenoxy) is 3. The maximum atomic E-state index is 12.2. The first-order valence-corrected chi connectivity index (χ1v) is 11.5. The Kier molecular flexibility index (Phi) is 7.20. The molecule has 0 N–H and O–H groups in total. The summed E-state index contributed by atoms with van der Waals surface area (Å²) in [5.41, 5.74) is -1.04. The number of hydrogen-bond donors (Lipinski definition) is 0. The van der Waals surface area contributed by atoms with Crippen LogP contribution in [-0.2, 0) is 9.47 Å². The molecule has 0 bridgehead atoms. The summed E-state index contributed by atoms with van der Waals surface area (Å²) < 4.78 is 15.8. The number of pyridine rings is 1. The van der Waals surface area contributed by atoms with E-state index in [1.165, 1.54) is 6.42 Å². The summed E-state index contributed by atoms with van der Waals surface area (Å²) >= 11 is 0. The number of carbonyl (C=O) groups is 2. The van der Waals surface area contributed by atoms with Crippen LogP contribution in [0.1, 0.15) is 60.8 Å². The van der Waals surface area contributed by atoms with Crippen LogP contribution in [0.3, 0.4) is 0 Å². The molecule has 0 radical (unpaired) electrons. The summed E-state index contributed by atoms with van der Waals surface area (Å²) in [7, 11) is 0. The molecule has 2 fully saturated rings. The van der Waals surface area contributed by atoms with Gasteiger partial charge >= 0.3 is 12.2 Å². The fourth-order valence-corrected chi connectivity index (χ4v) is 4.04. The van der Waals surface area contributed by atoms with Crippen molar-refractivity contribution in [1.82, 2.24) is 9.88 Å². The van der Waals surface area contributed by atoms with E-state index in [0.29, 0.717) is 17.6 Å². The minimum Gasteiger partial charge on any atom is -0.444 e. The summed E-state index contributed by atoms with van der Waals surface area (Å²) in [4.78, 5) is 32.5. The number of likely N-dealkylation sites (tertiary alicyclic amines) is 1. The lowest BCUT2D eigenvalue weighted by molar-refractivity contribution is 0.0170. The van der Waals surface area contributed by atoms with Gasteiger partial charge in [0.1, 0.15) is 17.0 Å². The number of carbonyl (C=O) groups excluding carboxylic acids is 2. The lowest BCUT2D eigenvalue weighted by Crippen LogP contribution is -2.49. The molecule has 1 amide bonds. The molecule has 3 heterocycles. The number of amides is 1. The Labute approximate surface area is 191 Å². The predicted molar refractivity (Wildman–Crippen MR) is 122 cm³/mol. The molecule has 1 aromatic heterocycles. The van der Waals surface area contributed by atoms with Crippen LogP contribution in [0.2, 0.25) is 0 Å². The Morgan fingerprint density at radius 2 is 1.59 bits per heavy atom. The molecule has 178 valence electrons. The Morgan fingerprint density at radius 3 is 2.12 bits per heavy atom. The molecule has 0 unspecified atom stereocenters. The van der Waals surface area contributed by atoms with Crippen molar-refractivity contribution < 1.29 is 23.8 Å². The second kappa shape index (κ2) is 9.55. The normalized spacial score (nSPS) is 18.2. The zero-order chi connectivity index (χ0) is 23.5. The molecule has 0 atom stereocenters. The van der Waals surface area contributed by atoms with Gasteiger partial charge in [-0.05, 0) is 84.8 Å². The Hall–Kier alpha value is -2.51. The monoisotopic (exact) mass is 447 g/mol. The number of piperidine rings is 1. The summed E-state index contributed by atoms with van der Waals surface area (Å²) in [6, 6.07) is 3.61. The van der Waals surface area contributed by atoms with Crippen LogP contribution < -0.4 is 9.64 Å². The topological polar surface area (TPSA) is 81.2 Å². The van der Waals surface area contributed by atoms with Crippen molar-refractivity contribution in [2.45, 2.75) is 72.0 Å². The SMILES string of the molecule is CC(C)(C)OC(=O)Oc1ccc(N2CC(CC3CCN(C(=O)OC(C)(C)C)CC3)C2)nc1. The quantitative estimate of drug-likeness (QED) is 0.609. The smallest absolute Gasteiger partial charge is 0.444 e. The third-order valence-corrected chi connectivity index (χ3v) is 5.53.